The molecule has 2 rings (SSSR count). The molecule has 21 heavy (non-hydrogen) atoms. The van der Waals surface area contributed by atoms with Gasteiger partial charge in [-0.05, 0) is 29.5 Å². The second-order valence-corrected chi connectivity index (χ2v) is 12.9. The third kappa shape index (κ3) is 2.84. The largest absolute Gasteiger partial charge is 1.00 e. The van der Waals surface area contributed by atoms with Crippen molar-refractivity contribution in [1.29, 1.82) is 0 Å². The minimum absolute atomic E-state index is 0. The average Bonchev–Trinajstić information content (AvgIpc) is 2.37. The molecule has 0 fully saturated rings. The molecular formula is C17H25LiO2Si. The fourth-order valence-corrected chi connectivity index (χ4v) is 6.15. The summed E-state index contributed by atoms with van der Waals surface area (Å²) in [7, 11) is -1.84. The van der Waals surface area contributed by atoms with Gasteiger partial charge in [0.1, 0.15) is 0 Å². The van der Waals surface area contributed by atoms with E-state index in [1.807, 2.05) is 25.1 Å². The Bertz CT molecular complexity index is 531. The van der Waals surface area contributed by atoms with E-state index >= 15 is 0 Å². The summed E-state index contributed by atoms with van der Waals surface area (Å²) in [6.07, 6.45) is 0.807. The smallest absolute Gasteiger partial charge is 0.605 e. The molecule has 0 radical (unpaired) electrons. The van der Waals surface area contributed by atoms with Crippen molar-refractivity contribution in [3.63, 3.8) is 0 Å². The molecule has 0 aromatic heterocycles. The van der Waals surface area contributed by atoms with Gasteiger partial charge in [0.05, 0.1) is 14.0 Å². The molecule has 1 unspecified atom stereocenters. The van der Waals surface area contributed by atoms with E-state index in [2.05, 4.69) is 46.0 Å². The van der Waals surface area contributed by atoms with Gasteiger partial charge in [0, 0.05) is 5.22 Å². The third-order valence-corrected chi connectivity index (χ3v) is 11.8. The number of rotatable bonds is 3. The Hall–Kier alpha value is -0.626. The Balaban J connectivity index is 0.00000220. The van der Waals surface area contributed by atoms with Crippen LogP contribution >= 0.6 is 0 Å². The van der Waals surface area contributed by atoms with Crippen LogP contribution in [0.15, 0.2) is 41.9 Å². The topological polar surface area (TPSA) is 32.3 Å². The van der Waals surface area contributed by atoms with Crippen molar-refractivity contribution in [1.82, 2.24) is 0 Å². The molecule has 2 nitrogen and oxygen atoms in total. The van der Waals surface area contributed by atoms with Crippen LogP contribution in [-0.2, 0) is 11.2 Å². The summed E-state index contributed by atoms with van der Waals surface area (Å²) in [4.78, 5) is 0. The second-order valence-electron chi connectivity index (χ2n) is 7.38. The molecule has 110 valence electrons. The maximum absolute atomic E-state index is 11.8. The minimum Gasteiger partial charge on any atom is -0.605 e. The van der Waals surface area contributed by atoms with E-state index in [1.54, 1.807) is 0 Å². The monoisotopic (exact) mass is 296 g/mol. The number of hydrogen-bond acceptors (Lipinski definition) is 2. The molecule has 1 aliphatic rings. The fraction of sp³-hybridized carbons (Fsp3) is 0.529. The first-order chi connectivity index (χ1) is 9.12. The Morgan fingerprint density at radius 1 is 1.14 bits per heavy atom. The molecule has 0 saturated heterocycles. The van der Waals surface area contributed by atoms with Crippen molar-refractivity contribution in [2.24, 2.45) is 0 Å². The first-order valence-corrected chi connectivity index (χ1v) is 10.2. The SMILES string of the molecule is CC1=C([O-])OC1(Cc1ccccc1)[Si](C)(C)C(C)(C)C.[Li+]. The zero-order chi connectivity index (χ0) is 15.2. The van der Waals surface area contributed by atoms with Gasteiger partial charge in [-0.15, -0.1) is 0 Å². The van der Waals surface area contributed by atoms with Gasteiger partial charge >= 0.3 is 18.9 Å². The molecule has 0 N–H and O–H groups in total. The third-order valence-electron chi connectivity index (χ3n) is 5.36. The van der Waals surface area contributed by atoms with Crippen molar-refractivity contribution in [3.05, 3.63) is 47.4 Å². The van der Waals surface area contributed by atoms with Gasteiger partial charge in [0.25, 0.3) is 0 Å². The van der Waals surface area contributed by atoms with Gasteiger partial charge in [-0.2, -0.15) is 0 Å². The Morgan fingerprint density at radius 3 is 2.05 bits per heavy atom. The van der Waals surface area contributed by atoms with Crippen LogP contribution in [0.1, 0.15) is 33.3 Å². The molecular weight excluding hydrogens is 271 g/mol. The fourth-order valence-electron chi connectivity index (χ4n) is 2.90. The van der Waals surface area contributed by atoms with E-state index in [-0.39, 0.29) is 35.1 Å². The van der Waals surface area contributed by atoms with Gasteiger partial charge in [-0.25, -0.2) is 0 Å². The molecule has 4 heteroatoms. The molecule has 1 aromatic carbocycles. The summed E-state index contributed by atoms with van der Waals surface area (Å²) in [6, 6.07) is 10.4. The molecule has 1 aromatic rings. The zero-order valence-electron chi connectivity index (χ0n) is 14.4. The van der Waals surface area contributed by atoms with Crippen LogP contribution in [0.4, 0.5) is 0 Å². The maximum Gasteiger partial charge on any atom is 1.00 e. The van der Waals surface area contributed by atoms with E-state index in [0.29, 0.717) is 0 Å². The van der Waals surface area contributed by atoms with E-state index < -0.39 is 8.07 Å². The average molecular weight is 296 g/mol. The van der Waals surface area contributed by atoms with Crippen LogP contribution in [0.3, 0.4) is 0 Å². The minimum atomic E-state index is -1.84. The van der Waals surface area contributed by atoms with Gasteiger partial charge in [-0.3, -0.25) is 0 Å². The summed E-state index contributed by atoms with van der Waals surface area (Å²) < 4.78 is 5.82. The summed E-state index contributed by atoms with van der Waals surface area (Å²) in [5.41, 5.74) is 2.15. The molecule has 0 amide bonds. The maximum atomic E-state index is 11.8. The van der Waals surface area contributed by atoms with Crippen LogP contribution < -0.4 is 24.0 Å². The van der Waals surface area contributed by atoms with E-state index in [0.717, 1.165) is 12.0 Å². The van der Waals surface area contributed by atoms with Gasteiger partial charge in [0.2, 0.25) is 0 Å². The number of ether oxygens (including phenoxy) is 1. The van der Waals surface area contributed by atoms with Crippen molar-refractivity contribution in [3.8, 4) is 0 Å². The predicted octanol–water partition coefficient (Wildman–Crippen LogP) is 0.642. The summed E-state index contributed by atoms with van der Waals surface area (Å²) in [6.45, 7) is 13.4. The van der Waals surface area contributed by atoms with Gasteiger partial charge < -0.3 is 9.84 Å². The predicted molar refractivity (Wildman–Crippen MR) is 83.9 cm³/mol. The molecule has 1 heterocycles. The van der Waals surface area contributed by atoms with Crippen molar-refractivity contribution >= 4 is 8.07 Å². The molecule has 1 atom stereocenters. The van der Waals surface area contributed by atoms with Crippen molar-refractivity contribution in [2.75, 3.05) is 0 Å². The standard InChI is InChI=1S/C17H26O2Si.Li/c1-13-15(18)19-17(13,20(5,6)16(2,3)4)12-14-10-8-7-9-11-14;/h7-11,18H,12H2,1-6H3;/q;+1/p-1. The first kappa shape index (κ1) is 18.4. The number of hydrogen-bond donors (Lipinski definition) is 0. The van der Waals surface area contributed by atoms with E-state index in [9.17, 15) is 5.11 Å². The quantitative estimate of drug-likeness (QED) is 0.767. The molecule has 0 spiro atoms. The summed E-state index contributed by atoms with van der Waals surface area (Å²) >= 11 is 0. The van der Waals surface area contributed by atoms with Crippen molar-refractivity contribution in [2.45, 2.75) is 57.5 Å². The van der Waals surface area contributed by atoms with Gasteiger partial charge in [0.15, 0.2) is 0 Å². The Morgan fingerprint density at radius 2 is 1.67 bits per heavy atom. The van der Waals surface area contributed by atoms with Crippen LogP contribution in [-0.4, -0.2) is 13.3 Å². The molecule has 0 bridgehead atoms. The van der Waals surface area contributed by atoms with Crippen LogP contribution in [0.2, 0.25) is 18.1 Å². The molecule has 0 aliphatic carbocycles. The van der Waals surface area contributed by atoms with Crippen LogP contribution in [0.25, 0.3) is 0 Å². The van der Waals surface area contributed by atoms with E-state index in [1.165, 1.54) is 5.56 Å². The zero-order valence-corrected chi connectivity index (χ0v) is 15.4. The normalized spacial score (nSPS) is 22.2. The molecule has 1 aliphatic heterocycles. The Kier molecular flexibility index (Phi) is 5.15. The summed E-state index contributed by atoms with van der Waals surface area (Å²) in [5, 5.41) is 11.6. The van der Waals surface area contributed by atoms with Crippen LogP contribution in [0, 0.1) is 0 Å². The summed E-state index contributed by atoms with van der Waals surface area (Å²) in [5.74, 6) is -0.120. The second kappa shape index (κ2) is 5.87. The van der Waals surface area contributed by atoms with E-state index in [4.69, 9.17) is 4.74 Å². The van der Waals surface area contributed by atoms with Gasteiger partial charge in [-0.1, -0.05) is 64.2 Å². The number of benzene rings is 1. The Labute approximate surface area is 141 Å². The van der Waals surface area contributed by atoms with Crippen LogP contribution in [0.5, 0.6) is 0 Å². The van der Waals surface area contributed by atoms with Crippen molar-refractivity contribution < 1.29 is 28.7 Å². The first-order valence-electron chi connectivity index (χ1n) is 7.23. The molecule has 0 saturated carbocycles.